The Bertz CT molecular complexity index is 461. The molecule has 0 radical (unpaired) electrons. The average molecular weight is 265 g/mol. The summed E-state index contributed by atoms with van der Waals surface area (Å²) in [7, 11) is 0. The van der Waals surface area contributed by atoms with Gasteiger partial charge in [-0.05, 0) is 43.5 Å². The molecule has 3 nitrogen and oxygen atoms in total. The summed E-state index contributed by atoms with van der Waals surface area (Å²) in [6.45, 7) is 3.27. The van der Waals surface area contributed by atoms with Gasteiger partial charge in [0.2, 0.25) is 0 Å². The summed E-state index contributed by atoms with van der Waals surface area (Å²) in [5.41, 5.74) is 1.56. The van der Waals surface area contributed by atoms with Crippen LogP contribution >= 0.6 is 0 Å². The van der Waals surface area contributed by atoms with Gasteiger partial charge in [0, 0.05) is 12.6 Å². The van der Waals surface area contributed by atoms with E-state index in [4.69, 9.17) is 5.11 Å². The first-order chi connectivity index (χ1) is 9.06. The van der Waals surface area contributed by atoms with Crippen molar-refractivity contribution in [1.82, 2.24) is 4.90 Å². The second-order valence-electron chi connectivity index (χ2n) is 5.30. The van der Waals surface area contributed by atoms with Crippen LogP contribution in [0.25, 0.3) is 0 Å². The number of halogens is 1. The molecule has 0 amide bonds. The fourth-order valence-corrected chi connectivity index (χ4v) is 2.67. The predicted octanol–water partition coefficient (Wildman–Crippen LogP) is 2.96. The van der Waals surface area contributed by atoms with Gasteiger partial charge in [0.05, 0.1) is 6.42 Å². The van der Waals surface area contributed by atoms with Gasteiger partial charge in [-0.25, -0.2) is 4.39 Å². The number of nitrogens with zero attached hydrogens (tertiary/aromatic N) is 1. The fraction of sp³-hybridized carbons (Fsp3) is 0.533. The molecule has 19 heavy (non-hydrogen) atoms. The highest BCUT2D eigenvalue weighted by atomic mass is 19.1. The van der Waals surface area contributed by atoms with Gasteiger partial charge in [0.25, 0.3) is 0 Å². The van der Waals surface area contributed by atoms with E-state index >= 15 is 0 Å². The van der Waals surface area contributed by atoms with Crippen LogP contribution in [0.2, 0.25) is 0 Å². The van der Waals surface area contributed by atoms with E-state index in [-0.39, 0.29) is 18.3 Å². The molecular weight excluding hydrogens is 245 g/mol. The molecule has 4 heteroatoms. The number of carbonyl (C=O) groups is 1. The molecule has 1 atom stereocenters. The summed E-state index contributed by atoms with van der Waals surface area (Å²) in [6, 6.07) is 5.34. The Balaban J connectivity index is 2.06. The van der Waals surface area contributed by atoms with Gasteiger partial charge in [-0.2, -0.15) is 0 Å². The third kappa shape index (κ3) is 3.77. The highest BCUT2D eigenvalue weighted by Crippen LogP contribution is 2.22. The van der Waals surface area contributed by atoms with Gasteiger partial charge >= 0.3 is 5.97 Å². The van der Waals surface area contributed by atoms with Crippen LogP contribution in [0.15, 0.2) is 18.2 Å². The Labute approximate surface area is 113 Å². The van der Waals surface area contributed by atoms with Crippen LogP contribution in [-0.2, 0) is 11.3 Å². The van der Waals surface area contributed by atoms with Crippen molar-refractivity contribution in [1.29, 1.82) is 0 Å². The van der Waals surface area contributed by atoms with E-state index in [1.54, 1.807) is 19.1 Å². The van der Waals surface area contributed by atoms with Crippen molar-refractivity contribution in [2.24, 2.45) is 0 Å². The summed E-state index contributed by atoms with van der Waals surface area (Å²) >= 11 is 0. The normalized spacial score (nSPS) is 20.4. The smallest absolute Gasteiger partial charge is 0.304 e. The molecule has 1 aromatic rings. The fourth-order valence-electron chi connectivity index (χ4n) is 2.67. The van der Waals surface area contributed by atoms with Crippen LogP contribution in [0, 0.1) is 12.7 Å². The molecule has 1 aromatic carbocycles. The zero-order chi connectivity index (χ0) is 13.8. The maximum absolute atomic E-state index is 13.5. The van der Waals surface area contributed by atoms with E-state index in [0.29, 0.717) is 12.1 Å². The first-order valence-corrected chi connectivity index (χ1v) is 6.77. The van der Waals surface area contributed by atoms with Crippen molar-refractivity contribution < 1.29 is 14.3 Å². The molecule has 1 aliphatic heterocycles. The zero-order valence-electron chi connectivity index (χ0n) is 11.2. The van der Waals surface area contributed by atoms with Crippen LogP contribution in [0.1, 0.15) is 36.8 Å². The SMILES string of the molecule is Cc1ccc(CN2CCCCC2CC(=O)O)cc1F. The number of likely N-dealkylation sites (tertiary alicyclic amines) is 1. The topological polar surface area (TPSA) is 40.5 Å². The lowest BCUT2D eigenvalue weighted by atomic mass is 9.98. The number of carboxylic acids is 1. The molecular formula is C15H20FNO2. The average Bonchev–Trinajstić information content (AvgIpc) is 2.36. The molecule has 1 heterocycles. The molecule has 104 valence electrons. The lowest BCUT2D eigenvalue weighted by Gasteiger charge is -2.35. The van der Waals surface area contributed by atoms with Gasteiger partial charge in [0.1, 0.15) is 5.82 Å². The van der Waals surface area contributed by atoms with Crippen LogP contribution in [0.5, 0.6) is 0 Å². The standard InChI is InChI=1S/C15H20FNO2/c1-11-5-6-12(8-14(11)16)10-17-7-3-2-4-13(17)9-15(18)19/h5-6,8,13H,2-4,7,9-10H2,1H3,(H,18,19). The second kappa shape index (κ2) is 6.15. The van der Waals surface area contributed by atoms with E-state index < -0.39 is 5.97 Å². The lowest BCUT2D eigenvalue weighted by molar-refractivity contribution is -0.138. The largest absolute Gasteiger partial charge is 0.481 e. The number of hydrogen-bond donors (Lipinski definition) is 1. The molecule has 1 aliphatic rings. The Kier molecular flexibility index (Phi) is 4.53. The van der Waals surface area contributed by atoms with Crippen LogP contribution in [0.3, 0.4) is 0 Å². The number of hydrogen-bond acceptors (Lipinski definition) is 2. The van der Waals surface area contributed by atoms with Gasteiger partial charge in [-0.15, -0.1) is 0 Å². The molecule has 0 aliphatic carbocycles. The van der Waals surface area contributed by atoms with E-state index in [1.165, 1.54) is 0 Å². The summed E-state index contributed by atoms with van der Waals surface area (Å²) in [5, 5.41) is 8.94. The number of rotatable bonds is 4. The molecule has 1 N–H and O–H groups in total. The van der Waals surface area contributed by atoms with Crippen molar-refractivity contribution in [2.45, 2.75) is 45.2 Å². The van der Waals surface area contributed by atoms with Crippen molar-refractivity contribution in [3.63, 3.8) is 0 Å². The van der Waals surface area contributed by atoms with Gasteiger partial charge in [-0.1, -0.05) is 18.6 Å². The Morgan fingerprint density at radius 3 is 2.95 bits per heavy atom. The molecule has 0 saturated carbocycles. The quantitative estimate of drug-likeness (QED) is 0.910. The number of carboxylic acid groups (broad SMARTS) is 1. The molecule has 0 spiro atoms. The minimum atomic E-state index is -0.757. The van der Waals surface area contributed by atoms with Gasteiger partial charge < -0.3 is 5.11 Å². The zero-order valence-corrected chi connectivity index (χ0v) is 11.2. The molecule has 2 rings (SSSR count). The first-order valence-electron chi connectivity index (χ1n) is 6.77. The van der Waals surface area contributed by atoms with Gasteiger partial charge in [0.15, 0.2) is 0 Å². The molecule has 0 aromatic heterocycles. The van der Waals surface area contributed by atoms with Crippen molar-refractivity contribution in [3.05, 3.63) is 35.1 Å². The third-order valence-electron chi connectivity index (χ3n) is 3.78. The first kappa shape index (κ1) is 14.0. The van der Waals surface area contributed by atoms with Crippen molar-refractivity contribution in [3.8, 4) is 0 Å². The highest BCUT2D eigenvalue weighted by Gasteiger charge is 2.24. The number of piperidine rings is 1. The Hall–Kier alpha value is -1.42. The number of aryl methyl sites for hydroxylation is 1. The predicted molar refractivity (Wildman–Crippen MR) is 71.4 cm³/mol. The van der Waals surface area contributed by atoms with Crippen LogP contribution in [-0.4, -0.2) is 28.6 Å². The Morgan fingerprint density at radius 1 is 1.47 bits per heavy atom. The van der Waals surface area contributed by atoms with E-state index in [0.717, 1.165) is 31.4 Å². The maximum atomic E-state index is 13.5. The van der Waals surface area contributed by atoms with E-state index in [2.05, 4.69) is 4.90 Å². The summed E-state index contributed by atoms with van der Waals surface area (Å²) in [6.07, 6.45) is 3.26. The van der Waals surface area contributed by atoms with Gasteiger partial charge in [-0.3, -0.25) is 9.69 Å². The summed E-state index contributed by atoms with van der Waals surface area (Å²) in [4.78, 5) is 13.0. The maximum Gasteiger partial charge on any atom is 0.304 e. The molecule has 1 unspecified atom stereocenters. The van der Waals surface area contributed by atoms with Crippen LogP contribution < -0.4 is 0 Å². The minimum Gasteiger partial charge on any atom is -0.481 e. The number of benzene rings is 1. The molecule has 0 bridgehead atoms. The third-order valence-corrected chi connectivity index (χ3v) is 3.78. The molecule has 1 fully saturated rings. The monoisotopic (exact) mass is 265 g/mol. The van der Waals surface area contributed by atoms with Crippen LogP contribution in [0.4, 0.5) is 4.39 Å². The van der Waals surface area contributed by atoms with E-state index in [1.807, 2.05) is 6.07 Å². The number of aliphatic carboxylic acids is 1. The molecule has 1 saturated heterocycles. The second-order valence-corrected chi connectivity index (χ2v) is 5.30. The highest BCUT2D eigenvalue weighted by molar-refractivity contribution is 5.67. The minimum absolute atomic E-state index is 0.0793. The lowest BCUT2D eigenvalue weighted by Crippen LogP contribution is -2.40. The van der Waals surface area contributed by atoms with Crippen molar-refractivity contribution in [2.75, 3.05) is 6.54 Å². The van der Waals surface area contributed by atoms with E-state index in [9.17, 15) is 9.18 Å². The van der Waals surface area contributed by atoms with Crippen molar-refractivity contribution >= 4 is 5.97 Å². The summed E-state index contributed by atoms with van der Waals surface area (Å²) in [5.74, 6) is -0.948. The Morgan fingerprint density at radius 2 is 2.26 bits per heavy atom. The summed E-state index contributed by atoms with van der Waals surface area (Å²) < 4.78 is 13.5.